The minimum atomic E-state index is 0.150. The second-order valence-corrected chi connectivity index (χ2v) is 4.64. The Hall–Kier alpha value is -0.940. The van der Waals surface area contributed by atoms with Crippen LogP contribution in [-0.4, -0.2) is 36.4 Å². The molecule has 1 aromatic rings. The molecule has 84 valence electrons. The Morgan fingerprint density at radius 1 is 1.60 bits per heavy atom. The van der Waals surface area contributed by atoms with Gasteiger partial charge in [0.25, 0.3) is 0 Å². The van der Waals surface area contributed by atoms with Crippen molar-refractivity contribution in [2.45, 2.75) is 19.9 Å². The van der Waals surface area contributed by atoms with Crippen molar-refractivity contribution in [3.05, 3.63) is 16.1 Å². The van der Waals surface area contributed by atoms with Crippen LogP contribution in [0.25, 0.3) is 0 Å². The molecule has 0 bridgehead atoms. The number of carbonyl (C=O) groups excluding carboxylic acids is 1. The Labute approximate surface area is 94.3 Å². The molecule has 0 saturated carbocycles. The van der Waals surface area contributed by atoms with Crippen LogP contribution in [0.1, 0.15) is 17.1 Å². The van der Waals surface area contributed by atoms with E-state index in [1.807, 2.05) is 12.3 Å². The third kappa shape index (κ3) is 4.40. The molecule has 0 aliphatic carbocycles. The topological polar surface area (TPSA) is 45.2 Å². The quantitative estimate of drug-likeness (QED) is 0.764. The second kappa shape index (κ2) is 5.82. The predicted octanol–water partition coefficient (Wildman–Crippen LogP) is 1.02. The van der Waals surface area contributed by atoms with E-state index < -0.39 is 0 Å². The molecule has 0 atom stereocenters. The highest BCUT2D eigenvalue weighted by atomic mass is 32.1. The lowest BCUT2D eigenvalue weighted by Gasteiger charge is -2.09. The van der Waals surface area contributed by atoms with Crippen LogP contribution in [0.3, 0.4) is 0 Å². The van der Waals surface area contributed by atoms with E-state index in [1.165, 1.54) is 0 Å². The van der Waals surface area contributed by atoms with Gasteiger partial charge in [-0.25, -0.2) is 4.98 Å². The molecule has 1 aromatic heterocycles. The van der Waals surface area contributed by atoms with Gasteiger partial charge in [-0.1, -0.05) is 0 Å². The summed E-state index contributed by atoms with van der Waals surface area (Å²) in [5.41, 5.74) is 1.05. The summed E-state index contributed by atoms with van der Waals surface area (Å²) in [7, 11) is 3.54. The lowest BCUT2D eigenvalue weighted by atomic mass is 10.3. The van der Waals surface area contributed by atoms with E-state index in [2.05, 4.69) is 10.3 Å². The van der Waals surface area contributed by atoms with Gasteiger partial charge in [0.1, 0.15) is 0 Å². The minimum absolute atomic E-state index is 0.150. The lowest BCUT2D eigenvalue weighted by molar-refractivity contribution is -0.128. The summed E-state index contributed by atoms with van der Waals surface area (Å²) in [6, 6.07) is 0. The number of rotatable bonds is 5. The van der Waals surface area contributed by atoms with Gasteiger partial charge in [0, 0.05) is 39.0 Å². The molecule has 1 N–H and O–H groups in total. The average Bonchev–Trinajstić information content (AvgIpc) is 2.58. The molecule has 1 amide bonds. The number of hydrogen-bond acceptors (Lipinski definition) is 4. The fourth-order valence-electron chi connectivity index (χ4n) is 1.12. The van der Waals surface area contributed by atoms with E-state index in [0.29, 0.717) is 13.0 Å². The zero-order valence-corrected chi connectivity index (χ0v) is 10.2. The van der Waals surface area contributed by atoms with Crippen molar-refractivity contribution in [2.24, 2.45) is 0 Å². The van der Waals surface area contributed by atoms with Crippen LogP contribution in [0.2, 0.25) is 0 Å². The average molecular weight is 227 g/mol. The summed E-state index contributed by atoms with van der Waals surface area (Å²) in [6.45, 7) is 3.43. The van der Waals surface area contributed by atoms with E-state index >= 15 is 0 Å². The molecular formula is C10H17N3OS. The molecule has 0 spiro atoms. The third-order valence-electron chi connectivity index (χ3n) is 1.99. The van der Waals surface area contributed by atoms with Gasteiger partial charge in [-0.05, 0) is 6.92 Å². The molecular weight excluding hydrogens is 210 g/mol. The van der Waals surface area contributed by atoms with E-state index in [1.54, 1.807) is 30.3 Å². The van der Waals surface area contributed by atoms with Gasteiger partial charge in [0.2, 0.25) is 5.91 Å². The molecule has 0 fully saturated rings. The van der Waals surface area contributed by atoms with Gasteiger partial charge in [0.05, 0.1) is 10.7 Å². The van der Waals surface area contributed by atoms with Crippen molar-refractivity contribution in [2.75, 3.05) is 20.6 Å². The molecule has 1 rings (SSSR count). The first kappa shape index (κ1) is 12.1. The van der Waals surface area contributed by atoms with Gasteiger partial charge in [-0.15, -0.1) is 11.3 Å². The lowest BCUT2D eigenvalue weighted by Crippen LogP contribution is -2.26. The Morgan fingerprint density at radius 2 is 2.33 bits per heavy atom. The van der Waals surface area contributed by atoms with Crippen molar-refractivity contribution in [1.29, 1.82) is 0 Å². The smallest absolute Gasteiger partial charge is 0.223 e. The largest absolute Gasteiger partial charge is 0.349 e. The van der Waals surface area contributed by atoms with Gasteiger partial charge < -0.3 is 10.2 Å². The maximum absolute atomic E-state index is 11.2. The molecule has 0 radical (unpaired) electrons. The van der Waals surface area contributed by atoms with E-state index in [4.69, 9.17) is 0 Å². The summed E-state index contributed by atoms with van der Waals surface area (Å²) in [5.74, 6) is 0.150. The maximum Gasteiger partial charge on any atom is 0.223 e. The summed E-state index contributed by atoms with van der Waals surface area (Å²) >= 11 is 1.65. The number of nitrogens with zero attached hydrogens (tertiary/aromatic N) is 2. The van der Waals surface area contributed by atoms with Crippen molar-refractivity contribution in [3.63, 3.8) is 0 Å². The van der Waals surface area contributed by atoms with Gasteiger partial charge in [-0.3, -0.25) is 4.79 Å². The van der Waals surface area contributed by atoms with Crippen LogP contribution < -0.4 is 5.32 Å². The number of hydrogen-bond donors (Lipinski definition) is 1. The van der Waals surface area contributed by atoms with Crippen LogP contribution in [-0.2, 0) is 11.3 Å². The fourth-order valence-corrected chi connectivity index (χ4v) is 1.74. The Bertz CT molecular complexity index is 322. The highest BCUT2D eigenvalue weighted by Crippen LogP contribution is 2.06. The standard InChI is InChI=1S/C10H17N3OS/c1-8-12-9(7-15-8)6-11-5-4-10(14)13(2)3/h7,11H,4-6H2,1-3H3. The zero-order valence-electron chi connectivity index (χ0n) is 9.41. The molecule has 5 heteroatoms. The Balaban J connectivity index is 2.15. The molecule has 1 heterocycles. The summed E-state index contributed by atoms with van der Waals surface area (Å²) in [5, 5.41) is 6.32. The molecule has 0 aromatic carbocycles. The molecule has 0 aliphatic heterocycles. The first-order chi connectivity index (χ1) is 7.09. The SMILES string of the molecule is Cc1nc(CNCCC(=O)N(C)C)cs1. The fraction of sp³-hybridized carbons (Fsp3) is 0.600. The summed E-state index contributed by atoms with van der Waals surface area (Å²) in [6.07, 6.45) is 0.538. The molecule has 0 unspecified atom stereocenters. The van der Waals surface area contributed by atoms with Crippen LogP contribution in [0.4, 0.5) is 0 Å². The van der Waals surface area contributed by atoms with Gasteiger partial charge in [0.15, 0.2) is 0 Å². The number of aromatic nitrogens is 1. The van der Waals surface area contributed by atoms with Crippen LogP contribution in [0.5, 0.6) is 0 Å². The van der Waals surface area contributed by atoms with Crippen molar-refractivity contribution >= 4 is 17.2 Å². The van der Waals surface area contributed by atoms with E-state index in [9.17, 15) is 4.79 Å². The van der Waals surface area contributed by atoms with E-state index in [0.717, 1.165) is 17.2 Å². The highest BCUT2D eigenvalue weighted by Gasteiger charge is 2.03. The number of nitrogens with one attached hydrogen (secondary N) is 1. The highest BCUT2D eigenvalue weighted by molar-refractivity contribution is 7.09. The monoisotopic (exact) mass is 227 g/mol. The van der Waals surface area contributed by atoms with Crippen LogP contribution in [0, 0.1) is 6.92 Å². The summed E-state index contributed by atoms with van der Waals surface area (Å²) in [4.78, 5) is 17.2. The van der Waals surface area contributed by atoms with E-state index in [-0.39, 0.29) is 5.91 Å². The molecule has 15 heavy (non-hydrogen) atoms. The predicted molar refractivity (Wildman–Crippen MR) is 61.9 cm³/mol. The number of amides is 1. The third-order valence-corrected chi connectivity index (χ3v) is 2.81. The van der Waals surface area contributed by atoms with Crippen LogP contribution in [0.15, 0.2) is 5.38 Å². The number of aryl methyl sites for hydroxylation is 1. The van der Waals surface area contributed by atoms with Crippen molar-refractivity contribution < 1.29 is 4.79 Å². The molecule has 4 nitrogen and oxygen atoms in total. The number of thiazole rings is 1. The van der Waals surface area contributed by atoms with Gasteiger partial charge in [-0.2, -0.15) is 0 Å². The molecule has 0 aliphatic rings. The first-order valence-corrected chi connectivity index (χ1v) is 5.79. The van der Waals surface area contributed by atoms with Crippen molar-refractivity contribution in [3.8, 4) is 0 Å². The zero-order chi connectivity index (χ0) is 11.3. The normalized spacial score (nSPS) is 10.3. The number of carbonyl (C=O) groups is 1. The van der Waals surface area contributed by atoms with Crippen LogP contribution >= 0.6 is 11.3 Å². The maximum atomic E-state index is 11.2. The van der Waals surface area contributed by atoms with Crippen molar-refractivity contribution in [1.82, 2.24) is 15.2 Å². The Morgan fingerprint density at radius 3 is 2.87 bits per heavy atom. The summed E-state index contributed by atoms with van der Waals surface area (Å²) < 4.78 is 0. The Kier molecular flexibility index (Phi) is 4.71. The minimum Gasteiger partial charge on any atom is -0.349 e. The second-order valence-electron chi connectivity index (χ2n) is 3.57. The van der Waals surface area contributed by atoms with Gasteiger partial charge >= 0.3 is 0 Å². The first-order valence-electron chi connectivity index (χ1n) is 4.91. The molecule has 0 saturated heterocycles.